The Morgan fingerprint density at radius 2 is 1.69 bits per heavy atom. The third-order valence-electron chi connectivity index (χ3n) is 4.29. The number of esters is 1. The predicted octanol–water partition coefficient (Wildman–Crippen LogP) is 5.85. The van der Waals surface area contributed by atoms with Gasteiger partial charge in [0.2, 0.25) is 0 Å². The van der Waals surface area contributed by atoms with Gasteiger partial charge in [0, 0.05) is 5.75 Å². The van der Waals surface area contributed by atoms with Gasteiger partial charge in [-0.05, 0) is 40.5 Å². The zero-order valence-electron chi connectivity index (χ0n) is 16.4. The van der Waals surface area contributed by atoms with Gasteiger partial charge in [0.1, 0.15) is 12.4 Å². The van der Waals surface area contributed by atoms with Crippen molar-refractivity contribution in [2.45, 2.75) is 5.75 Å². The SMILES string of the molecule is COC(=O)CSCc1cccc(OC/C=C/c2ccc(-c3ccccc3)cc2)c1. The van der Waals surface area contributed by atoms with Crippen LogP contribution in [0.15, 0.2) is 84.9 Å². The maximum Gasteiger partial charge on any atom is 0.315 e. The number of carbonyl (C=O) groups excluding carboxylic acids is 1. The lowest BCUT2D eigenvalue weighted by atomic mass is 10.0. The Morgan fingerprint density at radius 1 is 0.931 bits per heavy atom. The van der Waals surface area contributed by atoms with Crippen LogP contribution in [0, 0.1) is 0 Å². The third-order valence-corrected chi connectivity index (χ3v) is 5.27. The first-order valence-corrected chi connectivity index (χ1v) is 10.6. The summed E-state index contributed by atoms with van der Waals surface area (Å²) < 4.78 is 10.5. The minimum Gasteiger partial charge on any atom is -0.490 e. The Hall–Kier alpha value is -2.98. The van der Waals surface area contributed by atoms with Crippen LogP contribution in [0.3, 0.4) is 0 Å². The molecule has 4 heteroatoms. The summed E-state index contributed by atoms with van der Waals surface area (Å²) in [7, 11) is 1.41. The standard InChI is InChI=1S/C25H24O3S/c1-27-25(26)19-29-18-21-7-5-11-24(17-21)28-16-6-8-20-12-14-23(15-13-20)22-9-3-2-4-10-22/h2-15,17H,16,18-19H2,1H3/b8-6+. The van der Waals surface area contributed by atoms with Crippen molar-refractivity contribution in [2.24, 2.45) is 0 Å². The van der Waals surface area contributed by atoms with E-state index in [1.54, 1.807) is 0 Å². The highest BCUT2D eigenvalue weighted by Crippen LogP contribution is 2.20. The van der Waals surface area contributed by atoms with Crippen LogP contribution in [0.25, 0.3) is 17.2 Å². The lowest BCUT2D eigenvalue weighted by Crippen LogP contribution is -2.03. The van der Waals surface area contributed by atoms with Crippen LogP contribution < -0.4 is 4.74 Å². The molecule has 0 atom stereocenters. The number of rotatable bonds is 9. The molecule has 0 aliphatic carbocycles. The first-order valence-electron chi connectivity index (χ1n) is 9.43. The van der Waals surface area contributed by atoms with Gasteiger partial charge in [-0.3, -0.25) is 4.79 Å². The predicted molar refractivity (Wildman–Crippen MR) is 121 cm³/mol. The fourth-order valence-electron chi connectivity index (χ4n) is 2.78. The number of thioether (sulfide) groups is 1. The van der Waals surface area contributed by atoms with E-state index >= 15 is 0 Å². The van der Waals surface area contributed by atoms with E-state index in [0.29, 0.717) is 12.4 Å². The van der Waals surface area contributed by atoms with E-state index in [4.69, 9.17) is 4.74 Å². The monoisotopic (exact) mass is 404 g/mol. The third kappa shape index (κ3) is 6.84. The molecule has 3 aromatic carbocycles. The summed E-state index contributed by atoms with van der Waals surface area (Å²) in [5.41, 5.74) is 4.69. The van der Waals surface area contributed by atoms with Crippen molar-refractivity contribution < 1.29 is 14.3 Å². The van der Waals surface area contributed by atoms with Gasteiger partial charge in [-0.1, -0.05) is 72.8 Å². The van der Waals surface area contributed by atoms with Crippen LogP contribution in [-0.2, 0) is 15.3 Å². The second kappa shape index (κ2) is 11.1. The van der Waals surface area contributed by atoms with Gasteiger partial charge in [0.25, 0.3) is 0 Å². The van der Waals surface area contributed by atoms with E-state index < -0.39 is 0 Å². The molecule has 0 fully saturated rings. The lowest BCUT2D eigenvalue weighted by Gasteiger charge is -2.06. The van der Waals surface area contributed by atoms with Crippen LogP contribution in [0.1, 0.15) is 11.1 Å². The van der Waals surface area contributed by atoms with Crippen molar-refractivity contribution in [2.75, 3.05) is 19.5 Å². The first kappa shape index (κ1) is 20.7. The van der Waals surface area contributed by atoms with E-state index in [1.165, 1.54) is 30.0 Å². The van der Waals surface area contributed by atoms with Crippen molar-refractivity contribution in [1.29, 1.82) is 0 Å². The molecular weight excluding hydrogens is 380 g/mol. The molecule has 0 heterocycles. The maximum absolute atomic E-state index is 11.2. The quantitative estimate of drug-likeness (QED) is 0.419. The molecule has 0 spiro atoms. The summed E-state index contributed by atoms with van der Waals surface area (Å²) in [4.78, 5) is 11.2. The average Bonchev–Trinajstić information content (AvgIpc) is 2.78. The molecular formula is C25H24O3S. The molecule has 0 aromatic heterocycles. The summed E-state index contributed by atoms with van der Waals surface area (Å²) in [6, 6.07) is 26.8. The summed E-state index contributed by atoms with van der Waals surface area (Å²) in [5.74, 6) is 1.72. The Bertz CT molecular complexity index is 934. The van der Waals surface area contributed by atoms with Crippen LogP contribution in [-0.4, -0.2) is 25.4 Å². The molecule has 3 aromatic rings. The number of methoxy groups -OCH3 is 1. The molecule has 0 radical (unpaired) electrons. The second-order valence-electron chi connectivity index (χ2n) is 6.42. The van der Waals surface area contributed by atoms with Crippen LogP contribution >= 0.6 is 11.8 Å². The number of hydrogen-bond acceptors (Lipinski definition) is 4. The second-order valence-corrected chi connectivity index (χ2v) is 7.40. The number of hydrogen-bond donors (Lipinski definition) is 0. The highest BCUT2D eigenvalue weighted by molar-refractivity contribution is 7.99. The van der Waals surface area contributed by atoms with Crippen molar-refractivity contribution >= 4 is 23.8 Å². The van der Waals surface area contributed by atoms with Crippen molar-refractivity contribution in [3.63, 3.8) is 0 Å². The summed E-state index contributed by atoms with van der Waals surface area (Å²) in [5, 5.41) is 0. The molecule has 0 N–H and O–H groups in total. The highest BCUT2D eigenvalue weighted by Gasteiger charge is 2.02. The largest absolute Gasteiger partial charge is 0.490 e. The number of carbonyl (C=O) groups is 1. The van der Waals surface area contributed by atoms with Gasteiger partial charge in [0.05, 0.1) is 12.9 Å². The van der Waals surface area contributed by atoms with Gasteiger partial charge in [-0.15, -0.1) is 11.8 Å². The summed E-state index contributed by atoms with van der Waals surface area (Å²) >= 11 is 1.53. The van der Waals surface area contributed by atoms with E-state index in [0.717, 1.165) is 22.6 Å². The first-order chi connectivity index (χ1) is 14.2. The van der Waals surface area contributed by atoms with Crippen LogP contribution in [0.5, 0.6) is 5.75 Å². The van der Waals surface area contributed by atoms with Crippen molar-refractivity contribution in [1.82, 2.24) is 0 Å². The maximum atomic E-state index is 11.2. The van der Waals surface area contributed by atoms with Gasteiger partial charge in [-0.25, -0.2) is 0 Å². The molecule has 0 aliphatic heterocycles. The van der Waals surface area contributed by atoms with E-state index in [9.17, 15) is 4.79 Å². The van der Waals surface area contributed by atoms with Crippen LogP contribution in [0.2, 0.25) is 0 Å². The topological polar surface area (TPSA) is 35.5 Å². The minimum absolute atomic E-state index is 0.204. The zero-order valence-corrected chi connectivity index (χ0v) is 17.2. The normalized spacial score (nSPS) is 10.8. The molecule has 3 nitrogen and oxygen atoms in total. The average molecular weight is 405 g/mol. The zero-order chi connectivity index (χ0) is 20.3. The van der Waals surface area contributed by atoms with E-state index in [2.05, 4.69) is 47.2 Å². The van der Waals surface area contributed by atoms with E-state index in [1.807, 2.05) is 48.5 Å². The lowest BCUT2D eigenvalue weighted by molar-refractivity contribution is -0.137. The molecule has 0 saturated heterocycles. The van der Waals surface area contributed by atoms with Crippen LogP contribution in [0.4, 0.5) is 0 Å². The molecule has 0 amide bonds. The molecule has 148 valence electrons. The smallest absolute Gasteiger partial charge is 0.315 e. The molecule has 0 saturated carbocycles. The number of ether oxygens (including phenoxy) is 2. The fraction of sp³-hybridized carbons (Fsp3) is 0.160. The molecule has 29 heavy (non-hydrogen) atoms. The summed E-state index contributed by atoms with van der Waals surface area (Å²) in [6.45, 7) is 0.499. The van der Waals surface area contributed by atoms with Crippen molar-refractivity contribution in [3.05, 3.63) is 96.1 Å². The Morgan fingerprint density at radius 3 is 2.45 bits per heavy atom. The molecule has 0 bridgehead atoms. The van der Waals surface area contributed by atoms with Gasteiger partial charge in [-0.2, -0.15) is 0 Å². The molecule has 3 rings (SSSR count). The van der Waals surface area contributed by atoms with E-state index in [-0.39, 0.29) is 5.97 Å². The Kier molecular flexibility index (Phi) is 7.96. The van der Waals surface area contributed by atoms with Gasteiger partial charge in [0.15, 0.2) is 0 Å². The molecule has 0 aliphatic rings. The fourth-order valence-corrected chi connectivity index (χ4v) is 3.58. The van der Waals surface area contributed by atoms with Gasteiger partial charge < -0.3 is 9.47 Å². The minimum atomic E-state index is -0.204. The molecule has 0 unspecified atom stereocenters. The highest BCUT2D eigenvalue weighted by atomic mass is 32.2. The number of benzene rings is 3. The van der Waals surface area contributed by atoms with Gasteiger partial charge >= 0.3 is 5.97 Å². The Labute approximate surface area is 176 Å². The Balaban J connectivity index is 1.47. The summed E-state index contributed by atoms with van der Waals surface area (Å²) in [6.07, 6.45) is 4.07. The van der Waals surface area contributed by atoms with Crippen molar-refractivity contribution in [3.8, 4) is 16.9 Å².